The first-order chi connectivity index (χ1) is 9.31. The largest absolute Gasteiger partial charge is 0.509 e. The van der Waals surface area contributed by atoms with Gasteiger partial charge in [0.05, 0.1) is 6.61 Å². The first kappa shape index (κ1) is 16.6. The van der Waals surface area contributed by atoms with Crippen LogP contribution in [0.3, 0.4) is 0 Å². The van der Waals surface area contributed by atoms with Gasteiger partial charge in [-0.05, 0) is 53.4 Å². The molecule has 0 aromatic heterocycles. The van der Waals surface area contributed by atoms with E-state index in [4.69, 9.17) is 18.9 Å². The first-order valence-electron chi connectivity index (χ1n) is 7.05. The van der Waals surface area contributed by atoms with Crippen molar-refractivity contribution in [1.82, 2.24) is 0 Å². The van der Waals surface area contributed by atoms with Crippen molar-refractivity contribution < 1.29 is 28.5 Å². The molecule has 2 unspecified atom stereocenters. The Bertz CT molecular complexity index is 333. The van der Waals surface area contributed by atoms with Gasteiger partial charge in [-0.1, -0.05) is 0 Å². The highest BCUT2D eigenvalue weighted by Crippen LogP contribution is 2.25. The third-order valence-electron chi connectivity index (χ3n) is 2.79. The molecule has 20 heavy (non-hydrogen) atoms. The fourth-order valence-corrected chi connectivity index (χ4v) is 2.01. The highest BCUT2D eigenvalue weighted by Gasteiger charge is 2.33. The summed E-state index contributed by atoms with van der Waals surface area (Å²) in [5.41, 5.74) is -0.608. The van der Waals surface area contributed by atoms with E-state index in [2.05, 4.69) is 0 Å². The Morgan fingerprint density at radius 3 is 1.95 bits per heavy atom. The monoisotopic (exact) mass is 288 g/mol. The lowest BCUT2D eigenvalue weighted by molar-refractivity contribution is -0.0849. The molecule has 1 aliphatic rings. The molecule has 0 amide bonds. The predicted molar refractivity (Wildman–Crippen MR) is 71.5 cm³/mol. The number of carbonyl (C=O) groups is 2. The van der Waals surface area contributed by atoms with Crippen molar-refractivity contribution in [2.75, 3.05) is 6.61 Å². The Kier molecular flexibility index (Phi) is 6.10. The number of hydrogen-bond acceptors (Lipinski definition) is 6. The molecule has 0 saturated heterocycles. The van der Waals surface area contributed by atoms with E-state index in [0.29, 0.717) is 12.8 Å². The Morgan fingerprint density at radius 1 is 1.00 bits per heavy atom. The molecular formula is C14H24O6. The number of ether oxygens (including phenoxy) is 4. The predicted octanol–water partition coefficient (Wildman–Crippen LogP) is 3.42. The van der Waals surface area contributed by atoms with Crippen LogP contribution in [0.1, 0.15) is 53.4 Å². The minimum Gasteiger partial charge on any atom is -0.435 e. The van der Waals surface area contributed by atoms with Gasteiger partial charge in [0.15, 0.2) is 0 Å². The summed E-state index contributed by atoms with van der Waals surface area (Å²) in [6.45, 7) is 7.26. The Hall–Kier alpha value is -1.46. The topological polar surface area (TPSA) is 71.1 Å². The molecule has 116 valence electrons. The molecule has 0 N–H and O–H groups in total. The second-order valence-electron chi connectivity index (χ2n) is 5.74. The van der Waals surface area contributed by atoms with Gasteiger partial charge in [0.25, 0.3) is 0 Å². The van der Waals surface area contributed by atoms with Gasteiger partial charge in [-0.3, -0.25) is 0 Å². The molecule has 1 fully saturated rings. The highest BCUT2D eigenvalue weighted by molar-refractivity contribution is 5.61. The third kappa shape index (κ3) is 6.12. The maximum Gasteiger partial charge on any atom is 0.509 e. The lowest BCUT2D eigenvalue weighted by Crippen LogP contribution is -2.39. The highest BCUT2D eigenvalue weighted by atomic mass is 16.8. The molecule has 0 radical (unpaired) electrons. The molecule has 0 bridgehead atoms. The van der Waals surface area contributed by atoms with Gasteiger partial charge >= 0.3 is 12.3 Å². The van der Waals surface area contributed by atoms with E-state index >= 15 is 0 Å². The molecule has 1 saturated carbocycles. The van der Waals surface area contributed by atoms with Crippen LogP contribution in [0.25, 0.3) is 0 Å². The van der Waals surface area contributed by atoms with Crippen molar-refractivity contribution >= 4 is 12.3 Å². The molecule has 6 nitrogen and oxygen atoms in total. The van der Waals surface area contributed by atoms with E-state index < -0.39 is 30.1 Å². The van der Waals surface area contributed by atoms with E-state index in [1.807, 2.05) is 0 Å². The number of rotatable bonds is 3. The van der Waals surface area contributed by atoms with Crippen LogP contribution >= 0.6 is 0 Å². The van der Waals surface area contributed by atoms with E-state index in [1.165, 1.54) is 0 Å². The SMILES string of the molecule is CCOC(=O)OC1CCCCC1OC(=O)OC(C)(C)C. The minimum absolute atomic E-state index is 0.253. The second kappa shape index (κ2) is 7.36. The van der Waals surface area contributed by atoms with Crippen LogP contribution in [0.4, 0.5) is 9.59 Å². The van der Waals surface area contributed by atoms with Gasteiger partial charge in [-0.15, -0.1) is 0 Å². The van der Waals surface area contributed by atoms with Gasteiger partial charge < -0.3 is 18.9 Å². The molecule has 1 rings (SSSR count). The molecule has 2 atom stereocenters. The third-order valence-corrected chi connectivity index (χ3v) is 2.79. The number of carbonyl (C=O) groups excluding carboxylic acids is 2. The zero-order valence-corrected chi connectivity index (χ0v) is 12.6. The van der Waals surface area contributed by atoms with E-state index in [0.717, 1.165) is 12.8 Å². The van der Waals surface area contributed by atoms with E-state index in [9.17, 15) is 9.59 Å². The van der Waals surface area contributed by atoms with Gasteiger partial charge in [0, 0.05) is 0 Å². The van der Waals surface area contributed by atoms with Crippen LogP contribution < -0.4 is 0 Å². The van der Waals surface area contributed by atoms with Crippen molar-refractivity contribution in [2.45, 2.75) is 71.2 Å². The van der Waals surface area contributed by atoms with Crippen LogP contribution in [-0.2, 0) is 18.9 Å². The minimum atomic E-state index is -0.734. The van der Waals surface area contributed by atoms with Crippen LogP contribution in [0, 0.1) is 0 Å². The molecule has 6 heteroatoms. The summed E-state index contributed by atoms with van der Waals surface area (Å²) in [6, 6.07) is 0. The summed E-state index contributed by atoms with van der Waals surface area (Å²) in [5, 5.41) is 0. The lowest BCUT2D eigenvalue weighted by atomic mass is 9.95. The maximum atomic E-state index is 11.7. The number of hydrogen-bond donors (Lipinski definition) is 0. The molecule has 0 heterocycles. The second-order valence-corrected chi connectivity index (χ2v) is 5.74. The van der Waals surface area contributed by atoms with Gasteiger partial charge in [0.1, 0.15) is 17.8 Å². The summed E-state index contributed by atoms with van der Waals surface area (Å²) >= 11 is 0. The quantitative estimate of drug-likeness (QED) is 0.741. The van der Waals surface area contributed by atoms with Gasteiger partial charge in [-0.25, -0.2) is 9.59 Å². The first-order valence-corrected chi connectivity index (χ1v) is 7.05. The van der Waals surface area contributed by atoms with Crippen molar-refractivity contribution in [3.8, 4) is 0 Å². The standard InChI is InChI=1S/C14H24O6/c1-5-17-12(15)18-10-8-6-7-9-11(10)19-13(16)20-14(2,3)4/h10-11H,5-9H2,1-4H3. The molecule has 0 aromatic carbocycles. The maximum absolute atomic E-state index is 11.7. The molecule has 0 aromatic rings. The fraction of sp³-hybridized carbons (Fsp3) is 0.857. The zero-order valence-electron chi connectivity index (χ0n) is 12.6. The zero-order chi connectivity index (χ0) is 15.2. The smallest absolute Gasteiger partial charge is 0.435 e. The van der Waals surface area contributed by atoms with E-state index in [1.54, 1.807) is 27.7 Å². The average molecular weight is 288 g/mol. The summed E-state index contributed by atoms with van der Waals surface area (Å²) < 4.78 is 20.3. The fourth-order valence-electron chi connectivity index (χ4n) is 2.01. The Balaban J connectivity index is 2.51. The van der Waals surface area contributed by atoms with Gasteiger partial charge in [-0.2, -0.15) is 0 Å². The Morgan fingerprint density at radius 2 is 1.50 bits per heavy atom. The Labute approximate surface area is 119 Å². The summed E-state index contributed by atoms with van der Waals surface area (Å²) in [5.74, 6) is 0. The van der Waals surface area contributed by atoms with Crippen molar-refractivity contribution in [1.29, 1.82) is 0 Å². The van der Waals surface area contributed by atoms with Crippen molar-refractivity contribution in [2.24, 2.45) is 0 Å². The van der Waals surface area contributed by atoms with E-state index in [-0.39, 0.29) is 6.61 Å². The normalized spacial score (nSPS) is 22.8. The summed E-state index contributed by atoms with van der Waals surface area (Å²) in [7, 11) is 0. The summed E-state index contributed by atoms with van der Waals surface area (Å²) in [4.78, 5) is 23.0. The van der Waals surface area contributed by atoms with Crippen LogP contribution in [-0.4, -0.2) is 36.7 Å². The molecule has 0 aliphatic heterocycles. The van der Waals surface area contributed by atoms with Crippen LogP contribution in [0.5, 0.6) is 0 Å². The lowest BCUT2D eigenvalue weighted by Gasteiger charge is -2.30. The molecule has 1 aliphatic carbocycles. The van der Waals surface area contributed by atoms with Crippen molar-refractivity contribution in [3.63, 3.8) is 0 Å². The average Bonchev–Trinajstić information content (AvgIpc) is 2.29. The van der Waals surface area contributed by atoms with Crippen LogP contribution in [0.15, 0.2) is 0 Å². The van der Waals surface area contributed by atoms with Crippen molar-refractivity contribution in [3.05, 3.63) is 0 Å². The molecular weight excluding hydrogens is 264 g/mol. The van der Waals surface area contributed by atoms with Crippen LogP contribution in [0.2, 0.25) is 0 Å². The molecule has 0 spiro atoms. The summed E-state index contributed by atoms with van der Waals surface area (Å²) in [6.07, 6.45) is 0.779. The van der Waals surface area contributed by atoms with Gasteiger partial charge in [0.2, 0.25) is 0 Å².